The van der Waals surface area contributed by atoms with Gasteiger partial charge in [0.05, 0.1) is 12.4 Å². The van der Waals surface area contributed by atoms with Crippen LogP contribution >= 0.6 is 0 Å². The van der Waals surface area contributed by atoms with Crippen molar-refractivity contribution in [2.24, 2.45) is 5.92 Å². The minimum Gasteiger partial charge on any atom is -0.498 e. The maximum Gasteiger partial charge on any atom is 0.338 e. The smallest absolute Gasteiger partial charge is 0.338 e. The van der Waals surface area contributed by atoms with E-state index in [0.717, 1.165) is 16.9 Å². The van der Waals surface area contributed by atoms with E-state index < -0.39 is 11.9 Å². The molecular weight excluding hydrogens is 392 g/mol. The molecule has 3 rings (SSSR count). The number of hydrogen-bond acceptors (Lipinski definition) is 5. The Kier molecular flexibility index (Phi) is 6.64. The van der Waals surface area contributed by atoms with Crippen LogP contribution in [0.15, 0.2) is 60.4 Å². The fourth-order valence-corrected chi connectivity index (χ4v) is 3.32. The Labute approximate surface area is 183 Å². The Morgan fingerprint density at radius 3 is 1.94 bits per heavy atom. The molecule has 0 amide bonds. The largest absolute Gasteiger partial charge is 0.498 e. The van der Waals surface area contributed by atoms with Crippen molar-refractivity contribution in [3.05, 3.63) is 71.5 Å². The zero-order valence-electron chi connectivity index (χ0n) is 18.5. The topological polar surface area (TPSA) is 61.8 Å². The van der Waals surface area contributed by atoms with Crippen molar-refractivity contribution >= 4 is 22.7 Å². The first kappa shape index (κ1) is 22.3. The van der Waals surface area contributed by atoms with Crippen molar-refractivity contribution in [2.75, 3.05) is 6.61 Å². The minimum absolute atomic E-state index is 0.304. The van der Waals surface area contributed by atoms with E-state index in [1.54, 1.807) is 13.8 Å². The molecule has 5 heteroatoms. The van der Waals surface area contributed by atoms with Gasteiger partial charge in [0, 0.05) is 39.5 Å². The Morgan fingerprint density at radius 1 is 0.935 bits per heavy atom. The highest BCUT2D eigenvalue weighted by Crippen LogP contribution is 2.44. The van der Waals surface area contributed by atoms with Crippen LogP contribution in [-0.4, -0.2) is 18.5 Å². The summed E-state index contributed by atoms with van der Waals surface area (Å²) in [5.74, 6) is 1.11. The molecule has 0 aromatic heterocycles. The van der Waals surface area contributed by atoms with Crippen LogP contribution < -0.4 is 9.47 Å². The number of hydrogen-bond donors (Lipinski definition) is 0. The van der Waals surface area contributed by atoms with Crippen molar-refractivity contribution in [1.29, 1.82) is 0 Å². The SMILES string of the molecule is C=C(C)C(=O)Oc1c2c(c(OC(=O)C(=C)C)c3ccccc13)CC(OCC(C)C)=CC2. The summed E-state index contributed by atoms with van der Waals surface area (Å²) in [6, 6.07) is 7.41. The molecule has 0 fully saturated rings. The Bertz CT molecular complexity index is 1100. The highest BCUT2D eigenvalue weighted by molar-refractivity contribution is 6.01. The van der Waals surface area contributed by atoms with E-state index in [1.165, 1.54) is 0 Å². The number of allylic oxidation sites excluding steroid dienone is 2. The third-order valence-electron chi connectivity index (χ3n) is 4.90. The van der Waals surface area contributed by atoms with Gasteiger partial charge < -0.3 is 14.2 Å². The summed E-state index contributed by atoms with van der Waals surface area (Å²) < 4.78 is 17.5. The number of carbonyl (C=O) groups is 2. The Hall–Kier alpha value is -3.34. The lowest BCUT2D eigenvalue weighted by Crippen LogP contribution is -2.17. The lowest BCUT2D eigenvalue weighted by atomic mass is 9.89. The van der Waals surface area contributed by atoms with Crippen molar-refractivity contribution in [1.82, 2.24) is 0 Å². The number of carbonyl (C=O) groups excluding carboxylic acids is 2. The zero-order valence-corrected chi connectivity index (χ0v) is 18.5. The molecule has 1 aliphatic carbocycles. The van der Waals surface area contributed by atoms with Gasteiger partial charge in [0.1, 0.15) is 11.5 Å². The Morgan fingerprint density at radius 2 is 1.45 bits per heavy atom. The maximum absolute atomic E-state index is 12.4. The van der Waals surface area contributed by atoms with E-state index in [1.807, 2.05) is 30.3 Å². The van der Waals surface area contributed by atoms with Crippen molar-refractivity contribution in [3.8, 4) is 11.5 Å². The van der Waals surface area contributed by atoms with E-state index in [2.05, 4.69) is 27.0 Å². The molecule has 31 heavy (non-hydrogen) atoms. The predicted octanol–water partition coefficient (Wildman–Crippen LogP) is 5.46. The van der Waals surface area contributed by atoms with Gasteiger partial charge in [-0.15, -0.1) is 0 Å². The standard InChI is InChI=1S/C26H28O5/c1-15(2)14-29-18-11-12-21-22(13-18)24(31-26(28)17(5)6)20-10-8-7-9-19(20)23(21)30-25(27)16(3)4/h7-11,15H,3,5,12-14H2,1-2,4,6H3. The van der Waals surface area contributed by atoms with E-state index in [9.17, 15) is 9.59 Å². The van der Waals surface area contributed by atoms with Gasteiger partial charge in [-0.1, -0.05) is 51.3 Å². The molecule has 0 bridgehead atoms. The van der Waals surface area contributed by atoms with E-state index >= 15 is 0 Å². The lowest BCUT2D eigenvalue weighted by molar-refractivity contribution is -0.131. The van der Waals surface area contributed by atoms with Crippen LogP contribution in [0.1, 0.15) is 38.8 Å². The van der Waals surface area contributed by atoms with Gasteiger partial charge >= 0.3 is 11.9 Å². The second-order valence-electron chi connectivity index (χ2n) is 8.26. The minimum atomic E-state index is -0.502. The molecule has 1 aliphatic rings. The third kappa shape index (κ3) is 4.88. The monoisotopic (exact) mass is 420 g/mol. The van der Waals surface area contributed by atoms with Gasteiger partial charge in [-0.3, -0.25) is 0 Å². The number of fused-ring (bicyclic) bond motifs is 2. The number of ether oxygens (including phenoxy) is 3. The van der Waals surface area contributed by atoms with Crippen LogP contribution in [0.4, 0.5) is 0 Å². The molecule has 0 radical (unpaired) electrons. The van der Waals surface area contributed by atoms with Gasteiger partial charge in [0.15, 0.2) is 0 Å². The average molecular weight is 421 g/mol. The average Bonchev–Trinajstić information content (AvgIpc) is 2.73. The van der Waals surface area contributed by atoms with Gasteiger partial charge in [-0.25, -0.2) is 9.59 Å². The molecule has 0 spiro atoms. The van der Waals surface area contributed by atoms with Crippen LogP contribution in [0.25, 0.3) is 10.8 Å². The van der Waals surface area contributed by atoms with Crippen LogP contribution in [-0.2, 0) is 27.2 Å². The van der Waals surface area contributed by atoms with E-state index in [4.69, 9.17) is 14.2 Å². The molecule has 2 aromatic rings. The number of rotatable bonds is 7. The van der Waals surface area contributed by atoms with Gasteiger partial charge in [0.25, 0.3) is 0 Å². The molecule has 0 saturated carbocycles. The quantitative estimate of drug-likeness (QED) is 0.338. The summed E-state index contributed by atoms with van der Waals surface area (Å²) in [4.78, 5) is 24.8. The van der Waals surface area contributed by atoms with Gasteiger partial charge in [-0.2, -0.15) is 0 Å². The summed E-state index contributed by atoms with van der Waals surface area (Å²) in [5.41, 5.74) is 2.19. The lowest BCUT2D eigenvalue weighted by Gasteiger charge is -2.25. The summed E-state index contributed by atoms with van der Waals surface area (Å²) in [5, 5.41) is 1.38. The summed E-state index contributed by atoms with van der Waals surface area (Å²) in [7, 11) is 0. The highest BCUT2D eigenvalue weighted by Gasteiger charge is 2.27. The second kappa shape index (κ2) is 9.21. The van der Waals surface area contributed by atoms with E-state index in [0.29, 0.717) is 58.8 Å². The number of esters is 2. The number of benzene rings is 2. The normalized spacial score (nSPS) is 12.7. The second-order valence-corrected chi connectivity index (χ2v) is 8.26. The molecule has 0 N–H and O–H groups in total. The molecule has 0 atom stereocenters. The van der Waals surface area contributed by atoms with Crippen LogP contribution in [0.5, 0.6) is 11.5 Å². The molecule has 0 heterocycles. The first-order chi connectivity index (χ1) is 14.7. The summed E-state index contributed by atoms with van der Waals surface area (Å²) in [6.45, 7) is 15.4. The maximum atomic E-state index is 12.4. The molecule has 2 aromatic carbocycles. The van der Waals surface area contributed by atoms with Crippen molar-refractivity contribution in [3.63, 3.8) is 0 Å². The molecule has 5 nitrogen and oxygen atoms in total. The van der Waals surface area contributed by atoms with Crippen LogP contribution in [0.2, 0.25) is 0 Å². The molecular formula is C26H28O5. The molecule has 0 saturated heterocycles. The van der Waals surface area contributed by atoms with Gasteiger partial charge in [0.2, 0.25) is 0 Å². The zero-order chi connectivity index (χ0) is 22.7. The Balaban J connectivity index is 2.19. The fraction of sp³-hybridized carbons (Fsp3) is 0.308. The molecule has 162 valence electrons. The summed E-state index contributed by atoms with van der Waals surface area (Å²) >= 11 is 0. The first-order valence-corrected chi connectivity index (χ1v) is 10.3. The first-order valence-electron chi connectivity index (χ1n) is 10.3. The predicted molar refractivity (Wildman–Crippen MR) is 121 cm³/mol. The molecule has 0 unspecified atom stereocenters. The van der Waals surface area contributed by atoms with Crippen molar-refractivity contribution < 1.29 is 23.8 Å². The third-order valence-corrected chi connectivity index (χ3v) is 4.90. The highest BCUT2D eigenvalue weighted by atomic mass is 16.5. The van der Waals surface area contributed by atoms with Crippen molar-refractivity contribution in [2.45, 2.75) is 40.5 Å². The van der Waals surface area contributed by atoms with Crippen LogP contribution in [0.3, 0.4) is 0 Å². The summed E-state index contributed by atoms with van der Waals surface area (Å²) in [6.07, 6.45) is 2.91. The van der Waals surface area contributed by atoms with Crippen LogP contribution in [0, 0.1) is 5.92 Å². The fourth-order valence-electron chi connectivity index (χ4n) is 3.32. The molecule has 0 aliphatic heterocycles. The van der Waals surface area contributed by atoms with Gasteiger partial charge in [-0.05, 0) is 32.3 Å². The van der Waals surface area contributed by atoms with E-state index in [-0.39, 0.29) is 0 Å².